The molecule has 0 aliphatic heterocycles. The Morgan fingerprint density at radius 1 is 1.38 bits per heavy atom. The number of nitriles is 1. The number of rotatable bonds is 7. The third kappa shape index (κ3) is 4.07. The van der Waals surface area contributed by atoms with Gasteiger partial charge in [-0.2, -0.15) is 5.26 Å². The van der Waals surface area contributed by atoms with Crippen molar-refractivity contribution in [1.82, 2.24) is 4.98 Å². The third-order valence-corrected chi connectivity index (χ3v) is 3.41. The van der Waals surface area contributed by atoms with Gasteiger partial charge >= 0.3 is 0 Å². The normalized spacial score (nSPS) is 10.5. The van der Waals surface area contributed by atoms with Gasteiger partial charge in [-0.25, -0.2) is 0 Å². The summed E-state index contributed by atoms with van der Waals surface area (Å²) in [6.45, 7) is 4.30. The van der Waals surface area contributed by atoms with Crippen LogP contribution < -0.4 is 5.32 Å². The van der Waals surface area contributed by atoms with Gasteiger partial charge in [-0.15, -0.1) is 0 Å². The molecule has 0 atom stereocenters. The van der Waals surface area contributed by atoms with Crippen LogP contribution in [-0.4, -0.2) is 24.7 Å². The summed E-state index contributed by atoms with van der Waals surface area (Å²) in [6, 6.07) is 7.68. The van der Waals surface area contributed by atoms with Crippen molar-refractivity contribution in [3.05, 3.63) is 35.0 Å². The van der Waals surface area contributed by atoms with Gasteiger partial charge in [0, 0.05) is 36.4 Å². The number of pyridine rings is 1. The molecule has 0 saturated carbocycles. The number of ether oxygens (including phenoxy) is 1. The Morgan fingerprint density at radius 3 is 3.00 bits per heavy atom. The van der Waals surface area contributed by atoms with E-state index in [0.29, 0.717) is 10.6 Å². The molecule has 0 radical (unpaired) electrons. The van der Waals surface area contributed by atoms with Crippen molar-refractivity contribution < 1.29 is 4.74 Å². The number of hydrogen-bond donors (Lipinski definition) is 1. The number of nitrogens with zero attached hydrogens (tertiary/aromatic N) is 2. The Morgan fingerprint density at radius 2 is 2.24 bits per heavy atom. The van der Waals surface area contributed by atoms with E-state index in [1.165, 1.54) is 0 Å². The molecule has 0 bridgehead atoms. The van der Waals surface area contributed by atoms with Gasteiger partial charge < -0.3 is 10.1 Å². The second-order valence-corrected chi connectivity index (χ2v) is 5.09. The third-order valence-electron chi connectivity index (χ3n) is 3.17. The molecular formula is C16H18ClN3O. The molecule has 2 rings (SSSR count). The van der Waals surface area contributed by atoms with Crippen molar-refractivity contribution in [2.45, 2.75) is 19.8 Å². The summed E-state index contributed by atoms with van der Waals surface area (Å²) in [4.78, 5) is 4.28. The molecule has 1 aromatic carbocycles. The fourth-order valence-electron chi connectivity index (χ4n) is 2.13. The summed E-state index contributed by atoms with van der Waals surface area (Å²) in [6.07, 6.45) is 3.57. The molecule has 21 heavy (non-hydrogen) atoms. The van der Waals surface area contributed by atoms with Crippen LogP contribution in [0.15, 0.2) is 24.4 Å². The van der Waals surface area contributed by atoms with Crippen molar-refractivity contribution in [3.63, 3.8) is 0 Å². The van der Waals surface area contributed by atoms with Gasteiger partial charge in [-0.05, 0) is 38.0 Å². The van der Waals surface area contributed by atoms with Gasteiger partial charge in [0.05, 0.1) is 16.8 Å². The highest BCUT2D eigenvalue weighted by Crippen LogP contribution is 2.28. The molecule has 0 aliphatic carbocycles. The van der Waals surface area contributed by atoms with Crippen LogP contribution in [0.3, 0.4) is 0 Å². The van der Waals surface area contributed by atoms with E-state index in [1.807, 2.05) is 19.1 Å². The molecule has 4 nitrogen and oxygen atoms in total. The van der Waals surface area contributed by atoms with E-state index in [-0.39, 0.29) is 0 Å². The first kappa shape index (κ1) is 15.6. The maximum Gasteiger partial charge on any atom is 0.103 e. The second-order valence-electron chi connectivity index (χ2n) is 4.65. The SMILES string of the molecule is CCOCCCCNc1c(C#N)cnc2ccc(Cl)cc12. The lowest BCUT2D eigenvalue weighted by Crippen LogP contribution is -2.06. The molecule has 1 heterocycles. The molecule has 1 aromatic heterocycles. The van der Waals surface area contributed by atoms with Gasteiger partial charge in [-0.3, -0.25) is 4.98 Å². The predicted molar refractivity (Wildman–Crippen MR) is 85.7 cm³/mol. The minimum absolute atomic E-state index is 0.537. The second kappa shape index (κ2) is 7.82. The average Bonchev–Trinajstić information content (AvgIpc) is 2.50. The molecular weight excluding hydrogens is 286 g/mol. The first-order valence-corrected chi connectivity index (χ1v) is 7.44. The Kier molecular flexibility index (Phi) is 5.79. The minimum Gasteiger partial charge on any atom is -0.383 e. The van der Waals surface area contributed by atoms with E-state index in [2.05, 4.69) is 16.4 Å². The van der Waals surface area contributed by atoms with E-state index in [9.17, 15) is 5.26 Å². The highest BCUT2D eigenvalue weighted by Gasteiger charge is 2.08. The van der Waals surface area contributed by atoms with Crippen LogP contribution in [0.2, 0.25) is 5.02 Å². The molecule has 5 heteroatoms. The number of aromatic nitrogens is 1. The van der Waals surface area contributed by atoms with E-state index in [1.54, 1.807) is 12.3 Å². The Hall–Kier alpha value is -1.83. The Bertz CT molecular complexity index is 652. The summed E-state index contributed by atoms with van der Waals surface area (Å²) in [7, 11) is 0. The monoisotopic (exact) mass is 303 g/mol. The molecule has 110 valence electrons. The topological polar surface area (TPSA) is 57.9 Å². The lowest BCUT2D eigenvalue weighted by atomic mass is 10.1. The minimum atomic E-state index is 0.537. The van der Waals surface area contributed by atoms with Crippen LogP contribution in [0.4, 0.5) is 5.69 Å². The summed E-state index contributed by atoms with van der Waals surface area (Å²) in [5.74, 6) is 0. The Balaban J connectivity index is 2.13. The number of anilines is 1. The maximum atomic E-state index is 9.24. The van der Waals surface area contributed by atoms with Crippen LogP contribution in [0.5, 0.6) is 0 Å². The van der Waals surface area contributed by atoms with Crippen molar-refractivity contribution in [1.29, 1.82) is 5.26 Å². The molecule has 0 spiro atoms. The highest BCUT2D eigenvalue weighted by atomic mass is 35.5. The lowest BCUT2D eigenvalue weighted by Gasteiger charge is -2.11. The number of fused-ring (bicyclic) bond motifs is 1. The quantitative estimate of drug-likeness (QED) is 0.786. The number of hydrogen-bond acceptors (Lipinski definition) is 4. The van der Waals surface area contributed by atoms with Crippen LogP contribution >= 0.6 is 11.6 Å². The van der Waals surface area contributed by atoms with Gasteiger partial charge in [-0.1, -0.05) is 11.6 Å². The van der Waals surface area contributed by atoms with Crippen LogP contribution in [0.25, 0.3) is 10.9 Å². The number of benzene rings is 1. The first-order valence-electron chi connectivity index (χ1n) is 7.06. The van der Waals surface area contributed by atoms with Crippen molar-refractivity contribution >= 4 is 28.2 Å². The molecule has 0 aliphatic rings. The average molecular weight is 304 g/mol. The van der Waals surface area contributed by atoms with E-state index < -0.39 is 0 Å². The zero-order valence-corrected chi connectivity index (χ0v) is 12.8. The van der Waals surface area contributed by atoms with Gasteiger partial charge in [0.1, 0.15) is 6.07 Å². The summed E-state index contributed by atoms with van der Waals surface area (Å²) in [5.41, 5.74) is 2.17. The number of nitrogens with one attached hydrogen (secondary N) is 1. The lowest BCUT2D eigenvalue weighted by molar-refractivity contribution is 0.144. The van der Waals surface area contributed by atoms with Crippen LogP contribution in [-0.2, 0) is 4.74 Å². The number of halogens is 1. The Labute approximate surface area is 129 Å². The molecule has 0 fully saturated rings. The van der Waals surface area contributed by atoms with E-state index in [4.69, 9.17) is 16.3 Å². The summed E-state index contributed by atoms with van der Waals surface area (Å²) < 4.78 is 5.31. The zero-order valence-electron chi connectivity index (χ0n) is 12.0. The summed E-state index contributed by atoms with van der Waals surface area (Å²) in [5, 5.41) is 14.1. The van der Waals surface area contributed by atoms with Gasteiger partial charge in [0.2, 0.25) is 0 Å². The van der Waals surface area contributed by atoms with Crippen LogP contribution in [0, 0.1) is 11.3 Å². The largest absolute Gasteiger partial charge is 0.383 e. The van der Waals surface area contributed by atoms with Crippen LogP contribution in [0.1, 0.15) is 25.3 Å². The van der Waals surface area contributed by atoms with Gasteiger partial charge in [0.15, 0.2) is 0 Å². The van der Waals surface area contributed by atoms with Crippen molar-refractivity contribution in [2.24, 2.45) is 0 Å². The maximum absolute atomic E-state index is 9.24. The zero-order chi connectivity index (χ0) is 15.1. The molecule has 0 amide bonds. The van der Waals surface area contributed by atoms with Crippen molar-refractivity contribution in [2.75, 3.05) is 25.1 Å². The highest BCUT2D eigenvalue weighted by molar-refractivity contribution is 6.31. The molecule has 0 saturated heterocycles. The van der Waals surface area contributed by atoms with Gasteiger partial charge in [0.25, 0.3) is 0 Å². The molecule has 0 unspecified atom stereocenters. The van der Waals surface area contributed by atoms with E-state index in [0.717, 1.165) is 49.2 Å². The molecule has 2 aromatic rings. The standard InChI is InChI=1S/C16H18ClN3O/c1-2-21-8-4-3-7-19-16-12(10-18)11-20-15-6-5-13(17)9-14(15)16/h5-6,9,11H,2-4,7-8H2,1H3,(H,19,20). The summed E-state index contributed by atoms with van der Waals surface area (Å²) >= 11 is 6.05. The molecule has 1 N–H and O–H groups in total. The first-order chi connectivity index (χ1) is 10.3. The fourth-order valence-corrected chi connectivity index (χ4v) is 2.30. The smallest absolute Gasteiger partial charge is 0.103 e. The number of unbranched alkanes of at least 4 members (excludes halogenated alkanes) is 1. The van der Waals surface area contributed by atoms with E-state index >= 15 is 0 Å². The fraction of sp³-hybridized carbons (Fsp3) is 0.375. The predicted octanol–water partition coefficient (Wildman–Crippen LogP) is 3.99. The van der Waals surface area contributed by atoms with Crippen molar-refractivity contribution in [3.8, 4) is 6.07 Å².